The Balaban J connectivity index is 1.70. The van der Waals surface area contributed by atoms with Crippen molar-refractivity contribution in [3.05, 3.63) is 112 Å². The molecule has 1 atom stereocenters. The maximum atomic E-state index is 12.4. The lowest BCUT2D eigenvalue weighted by Crippen LogP contribution is -2.35. The van der Waals surface area contributed by atoms with E-state index >= 15 is 0 Å². The van der Waals surface area contributed by atoms with Gasteiger partial charge in [-0.2, -0.15) is 0 Å². The third kappa shape index (κ3) is 4.57. The van der Waals surface area contributed by atoms with Gasteiger partial charge < -0.3 is 10.0 Å². The molecule has 0 aliphatic heterocycles. The van der Waals surface area contributed by atoms with Gasteiger partial charge >= 0.3 is 5.97 Å². The molecule has 0 spiro atoms. The number of carboxylic acids is 1. The van der Waals surface area contributed by atoms with Gasteiger partial charge in [-0.1, -0.05) is 78.9 Å². The number of benzene rings is 3. The molecule has 0 amide bonds. The van der Waals surface area contributed by atoms with Crippen molar-refractivity contribution < 1.29 is 19.5 Å². The fourth-order valence-corrected chi connectivity index (χ4v) is 5.06. The van der Waals surface area contributed by atoms with Gasteiger partial charge in [0.25, 0.3) is 5.78 Å². The first kappa shape index (κ1) is 23.2. The molecule has 1 unspecified atom stereocenters. The minimum Gasteiger partial charge on any atom is -0.475 e. The van der Waals surface area contributed by atoms with Gasteiger partial charge in [0.05, 0.1) is 6.04 Å². The molecule has 0 aromatic heterocycles. The standard InChI is InChI=1S/C29H27NO4/c1-2-30(27(20-10-5-3-6-11-20)21-12-7-4-8-13-21)26(19-31)23-16-17-24-22(18-23)14-9-15-25(24)28(32)29(33)34/h3-15,23,27H,2,16-18H2,1H3,(H,33,34). The number of rotatable bonds is 8. The van der Waals surface area contributed by atoms with Crippen LogP contribution in [0.4, 0.5) is 0 Å². The highest BCUT2D eigenvalue weighted by Crippen LogP contribution is 2.38. The van der Waals surface area contributed by atoms with Crippen molar-refractivity contribution in [3.8, 4) is 0 Å². The highest BCUT2D eigenvalue weighted by atomic mass is 16.4. The second-order valence-electron chi connectivity index (χ2n) is 8.51. The maximum Gasteiger partial charge on any atom is 0.377 e. The van der Waals surface area contributed by atoms with Crippen LogP contribution in [0.1, 0.15) is 52.0 Å². The normalized spacial score (nSPS) is 14.7. The van der Waals surface area contributed by atoms with E-state index in [0.717, 1.165) is 22.3 Å². The Kier molecular flexibility index (Phi) is 7.05. The van der Waals surface area contributed by atoms with Crippen LogP contribution in [-0.2, 0) is 22.4 Å². The number of aliphatic carboxylic acids is 1. The van der Waals surface area contributed by atoms with Crippen LogP contribution in [0.25, 0.3) is 0 Å². The van der Waals surface area contributed by atoms with E-state index in [-0.39, 0.29) is 17.5 Å². The number of nitrogens with zero attached hydrogens (tertiary/aromatic N) is 1. The quantitative estimate of drug-likeness (QED) is 0.299. The number of fused-ring (bicyclic) bond motifs is 1. The molecular weight excluding hydrogens is 426 g/mol. The van der Waals surface area contributed by atoms with Crippen LogP contribution in [0.3, 0.4) is 0 Å². The lowest BCUT2D eigenvalue weighted by Gasteiger charge is -2.38. The molecular formula is C29H27NO4. The Morgan fingerprint density at radius 1 is 0.971 bits per heavy atom. The van der Waals surface area contributed by atoms with Crippen molar-refractivity contribution >= 4 is 17.7 Å². The zero-order valence-corrected chi connectivity index (χ0v) is 19.1. The van der Waals surface area contributed by atoms with Crippen molar-refractivity contribution in [1.82, 2.24) is 4.90 Å². The van der Waals surface area contributed by atoms with E-state index in [2.05, 4.69) is 35.1 Å². The van der Waals surface area contributed by atoms with Gasteiger partial charge in [-0.05, 0) is 48.4 Å². The number of hydrogen-bond donors (Lipinski definition) is 1. The number of ketones is 1. The van der Waals surface area contributed by atoms with Crippen LogP contribution in [0.15, 0.2) is 84.6 Å². The van der Waals surface area contributed by atoms with Crippen LogP contribution in [0, 0.1) is 5.92 Å². The molecule has 0 saturated carbocycles. The van der Waals surface area contributed by atoms with Crippen molar-refractivity contribution in [2.75, 3.05) is 6.54 Å². The van der Waals surface area contributed by atoms with E-state index in [0.29, 0.717) is 31.5 Å². The van der Waals surface area contributed by atoms with Crippen LogP contribution in [-0.4, -0.2) is 34.2 Å². The monoisotopic (exact) mass is 453 g/mol. The second-order valence-corrected chi connectivity index (χ2v) is 8.51. The van der Waals surface area contributed by atoms with Gasteiger partial charge in [0.1, 0.15) is 11.6 Å². The molecule has 0 heterocycles. The SMILES string of the molecule is CCN(C(=C=O)C1CCc2c(cccc2C(=O)C(=O)O)C1)C(c1ccccc1)c1ccccc1. The summed E-state index contributed by atoms with van der Waals surface area (Å²) in [5.74, 6) is -0.147. The maximum absolute atomic E-state index is 12.4. The summed E-state index contributed by atoms with van der Waals surface area (Å²) in [4.78, 5) is 38.0. The molecule has 0 radical (unpaired) electrons. The average molecular weight is 454 g/mol. The van der Waals surface area contributed by atoms with E-state index < -0.39 is 11.8 Å². The predicted molar refractivity (Wildman–Crippen MR) is 130 cm³/mol. The Bertz CT molecular complexity index is 1190. The van der Waals surface area contributed by atoms with Crippen LogP contribution in [0.5, 0.6) is 0 Å². The van der Waals surface area contributed by atoms with Gasteiger partial charge in [-0.25, -0.2) is 9.59 Å². The predicted octanol–water partition coefficient (Wildman–Crippen LogP) is 4.89. The summed E-state index contributed by atoms with van der Waals surface area (Å²) in [6, 6.07) is 25.3. The number of Topliss-reactive ketones (excluding diaryl/α,β-unsaturated/α-hetero) is 1. The summed E-state index contributed by atoms with van der Waals surface area (Å²) in [5, 5.41) is 9.19. The number of carbonyl (C=O) groups excluding carboxylic acids is 2. The molecule has 34 heavy (non-hydrogen) atoms. The smallest absolute Gasteiger partial charge is 0.377 e. The molecule has 4 rings (SSSR count). The van der Waals surface area contributed by atoms with Crippen LogP contribution in [0.2, 0.25) is 0 Å². The summed E-state index contributed by atoms with van der Waals surface area (Å²) in [5.41, 5.74) is 4.74. The molecule has 0 bridgehead atoms. The van der Waals surface area contributed by atoms with Crippen molar-refractivity contribution in [2.45, 2.75) is 32.2 Å². The number of carbonyl (C=O) groups is 2. The lowest BCUT2D eigenvalue weighted by molar-refractivity contribution is -0.131. The van der Waals surface area contributed by atoms with Gasteiger partial charge in [0.15, 0.2) is 0 Å². The molecule has 3 aromatic carbocycles. The summed E-state index contributed by atoms with van der Waals surface area (Å²) < 4.78 is 0. The average Bonchev–Trinajstić information content (AvgIpc) is 2.88. The van der Waals surface area contributed by atoms with E-state index in [1.807, 2.05) is 49.4 Å². The van der Waals surface area contributed by atoms with Gasteiger partial charge in [-0.3, -0.25) is 4.79 Å². The first-order valence-electron chi connectivity index (χ1n) is 11.5. The summed E-state index contributed by atoms with van der Waals surface area (Å²) in [6.45, 7) is 2.66. The van der Waals surface area contributed by atoms with Gasteiger partial charge in [-0.15, -0.1) is 0 Å². The highest BCUT2D eigenvalue weighted by molar-refractivity contribution is 6.40. The molecule has 0 saturated heterocycles. The summed E-state index contributed by atoms with van der Waals surface area (Å²) in [7, 11) is 0. The Labute approximate surface area is 199 Å². The molecule has 3 aromatic rings. The van der Waals surface area contributed by atoms with Crippen LogP contribution < -0.4 is 0 Å². The molecule has 5 heteroatoms. The van der Waals surface area contributed by atoms with Gasteiger partial charge in [0, 0.05) is 18.0 Å². The van der Waals surface area contributed by atoms with E-state index in [1.54, 1.807) is 12.1 Å². The molecule has 172 valence electrons. The zero-order chi connectivity index (χ0) is 24.1. The van der Waals surface area contributed by atoms with Crippen LogP contribution >= 0.6 is 0 Å². The third-order valence-corrected chi connectivity index (χ3v) is 6.60. The lowest BCUT2D eigenvalue weighted by atomic mass is 9.79. The minimum atomic E-state index is -1.45. The minimum absolute atomic E-state index is 0.0740. The van der Waals surface area contributed by atoms with Crippen molar-refractivity contribution in [2.24, 2.45) is 5.92 Å². The largest absolute Gasteiger partial charge is 0.475 e. The zero-order valence-electron chi connectivity index (χ0n) is 19.1. The Hall–Kier alpha value is -3.95. The number of allylic oxidation sites excluding steroid dienone is 1. The van der Waals surface area contributed by atoms with Crippen molar-refractivity contribution in [3.63, 3.8) is 0 Å². The molecule has 1 N–H and O–H groups in total. The van der Waals surface area contributed by atoms with Crippen molar-refractivity contribution in [1.29, 1.82) is 0 Å². The van der Waals surface area contributed by atoms with Gasteiger partial charge in [0.2, 0.25) is 0 Å². The molecule has 0 fully saturated rings. The molecule has 1 aliphatic carbocycles. The number of hydrogen-bond acceptors (Lipinski definition) is 4. The fourth-order valence-electron chi connectivity index (χ4n) is 5.06. The summed E-state index contributed by atoms with van der Waals surface area (Å²) in [6.07, 6.45) is 1.75. The molecule has 5 nitrogen and oxygen atoms in total. The first-order valence-corrected chi connectivity index (χ1v) is 11.5. The first-order chi connectivity index (χ1) is 16.5. The second kappa shape index (κ2) is 10.3. The highest BCUT2D eigenvalue weighted by Gasteiger charge is 2.32. The molecule has 1 aliphatic rings. The number of carboxylic acid groups (broad SMARTS) is 1. The Morgan fingerprint density at radius 2 is 1.59 bits per heavy atom. The third-order valence-electron chi connectivity index (χ3n) is 6.60. The van der Waals surface area contributed by atoms with E-state index in [4.69, 9.17) is 0 Å². The summed E-state index contributed by atoms with van der Waals surface area (Å²) >= 11 is 0. The van der Waals surface area contributed by atoms with E-state index in [1.165, 1.54) is 0 Å². The fraction of sp³-hybridized carbons (Fsp3) is 0.241. The topological polar surface area (TPSA) is 74.7 Å². The van der Waals surface area contributed by atoms with E-state index in [9.17, 15) is 19.5 Å². The Morgan fingerprint density at radius 3 is 2.12 bits per heavy atom.